The van der Waals surface area contributed by atoms with Crippen LogP contribution in [0.3, 0.4) is 0 Å². The van der Waals surface area contributed by atoms with Crippen LogP contribution in [0.15, 0.2) is 28.7 Å². The molecule has 1 fully saturated rings. The molecule has 13 heteroatoms. The first-order valence-corrected chi connectivity index (χ1v) is 11.3. The first-order valence-electron chi connectivity index (χ1n) is 10.1. The molecule has 1 heterocycles. The SMILES string of the molecule is CC(=O)OC[C@@H]1O[C@H](NC(=S)Nc2cccc(Br)c2)[C@H](OC(C)=O)[C@@H](OC(C)=O)[C@@H]1OC(C)=O. The van der Waals surface area contributed by atoms with Crippen molar-refractivity contribution in [2.24, 2.45) is 0 Å². The van der Waals surface area contributed by atoms with Crippen molar-refractivity contribution in [1.29, 1.82) is 0 Å². The molecule has 1 saturated heterocycles. The Morgan fingerprint density at radius 1 is 0.941 bits per heavy atom. The van der Waals surface area contributed by atoms with Crippen molar-refractivity contribution in [2.75, 3.05) is 11.9 Å². The number of anilines is 1. The van der Waals surface area contributed by atoms with Crippen molar-refractivity contribution in [2.45, 2.75) is 58.3 Å². The van der Waals surface area contributed by atoms with Gasteiger partial charge in [-0.2, -0.15) is 0 Å². The minimum absolute atomic E-state index is 0.0963. The number of hydrogen-bond donors (Lipinski definition) is 2. The molecule has 0 spiro atoms. The molecule has 2 rings (SSSR count). The van der Waals surface area contributed by atoms with E-state index in [0.29, 0.717) is 5.69 Å². The molecule has 1 aliphatic rings. The lowest BCUT2D eigenvalue weighted by Crippen LogP contribution is -2.66. The molecule has 0 bridgehead atoms. The van der Waals surface area contributed by atoms with Gasteiger partial charge in [-0.25, -0.2) is 0 Å². The summed E-state index contributed by atoms with van der Waals surface area (Å²) in [5.41, 5.74) is 0.650. The molecule has 0 amide bonds. The Bertz CT molecular complexity index is 945. The summed E-state index contributed by atoms with van der Waals surface area (Å²) in [6.45, 7) is 4.32. The van der Waals surface area contributed by atoms with E-state index in [4.69, 9.17) is 35.9 Å². The summed E-state index contributed by atoms with van der Waals surface area (Å²) in [5.74, 6) is -2.74. The molecule has 0 aliphatic carbocycles. The number of rotatable bonds is 7. The average Bonchev–Trinajstić information content (AvgIpc) is 2.70. The number of carbonyl (C=O) groups excluding carboxylic acids is 4. The fourth-order valence-corrected chi connectivity index (χ4v) is 3.84. The lowest BCUT2D eigenvalue weighted by atomic mass is 9.97. The molecule has 0 unspecified atom stereocenters. The van der Waals surface area contributed by atoms with Crippen LogP contribution in [0.25, 0.3) is 0 Å². The zero-order valence-corrected chi connectivity index (χ0v) is 21.3. The van der Waals surface area contributed by atoms with Crippen LogP contribution in [0, 0.1) is 0 Å². The molecule has 0 saturated carbocycles. The third-order valence-corrected chi connectivity index (χ3v) is 5.06. The Balaban J connectivity index is 2.36. The number of esters is 4. The molecule has 186 valence electrons. The van der Waals surface area contributed by atoms with E-state index in [2.05, 4.69) is 26.6 Å². The fraction of sp³-hybridized carbons (Fsp3) is 0.476. The Kier molecular flexibility index (Phi) is 10.2. The number of hydrogen-bond acceptors (Lipinski definition) is 10. The highest BCUT2D eigenvalue weighted by atomic mass is 79.9. The van der Waals surface area contributed by atoms with Crippen molar-refractivity contribution >= 4 is 62.8 Å². The third-order valence-electron chi connectivity index (χ3n) is 4.35. The zero-order valence-electron chi connectivity index (χ0n) is 18.9. The Morgan fingerprint density at radius 2 is 1.53 bits per heavy atom. The monoisotopic (exact) mass is 560 g/mol. The number of nitrogens with one attached hydrogen (secondary N) is 2. The number of benzene rings is 1. The van der Waals surface area contributed by atoms with E-state index in [1.165, 1.54) is 6.92 Å². The molecule has 0 aromatic heterocycles. The van der Waals surface area contributed by atoms with Crippen LogP contribution >= 0.6 is 28.1 Å². The average molecular weight is 561 g/mol. The molecular weight excluding hydrogens is 536 g/mol. The summed E-state index contributed by atoms with van der Waals surface area (Å²) >= 11 is 8.72. The van der Waals surface area contributed by atoms with Gasteiger partial charge in [0.25, 0.3) is 0 Å². The second kappa shape index (κ2) is 12.6. The van der Waals surface area contributed by atoms with Crippen LogP contribution in [-0.2, 0) is 42.9 Å². The largest absolute Gasteiger partial charge is 0.463 e. The van der Waals surface area contributed by atoms with E-state index >= 15 is 0 Å². The summed E-state index contributed by atoms with van der Waals surface area (Å²) in [5, 5.41) is 5.93. The highest BCUT2D eigenvalue weighted by Gasteiger charge is 2.52. The Labute approximate surface area is 209 Å². The van der Waals surface area contributed by atoms with Gasteiger partial charge >= 0.3 is 23.9 Å². The predicted octanol–water partition coefficient (Wildman–Crippen LogP) is 1.82. The van der Waals surface area contributed by atoms with Gasteiger partial charge in [-0.15, -0.1) is 0 Å². The maximum atomic E-state index is 11.9. The van der Waals surface area contributed by atoms with Gasteiger partial charge in [0, 0.05) is 37.9 Å². The first-order chi connectivity index (χ1) is 16.0. The molecule has 1 aliphatic heterocycles. The minimum Gasteiger partial charge on any atom is -0.463 e. The van der Waals surface area contributed by atoms with Crippen molar-refractivity contribution < 1.29 is 42.9 Å². The molecule has 2 N–H and O–H groups in total. The number of carbonyl (C=O) groups is 4. The van der Waals surface area contributed by atoms with E-state index in [1.807, 2.05) is 6.07 Å². The van der Waals surface area contributed by atoms with Gasteiger partial charge in [0.1, 0.15) is 12.7 Å². The molecule has 11 nitrogen and oxygen atoms in total. The Morgan fingerprint density at radius 3 is 2.09 bits per heavy atom. The van der Waals surface area contributed by atoms with E-state index in [1.54, 1.807) is 18.2 Å². The summed E-state index contributed by atoms with van der Waals surface area (Å²) in [6.07, 6.45) is -6.02. The standard InChI is InChI=1S/C21H25BrN2O9S/c1-10(25)29-9-16-17(30-11(2)26)18(31-12(3)27)19(32-13(4)28)20(33-16)24-21(34)23-15-7-5-6-14(22)8-15/h5-8,16-20H,9H2,1-4H3,(H2,23,24,34)/t16-,17+,18-,19+,20-/m0/s1. The second-order valence-corrected chi connectivity index (χ2v) is 8.55. The van der Waals surface area contributed by atoms with E-state index in [9.17, 15) is 19.2 Å². The van der Waals surface area contributed by atoms with Gasteiger partial charge in [-0.05, 0) is 30.4 Å². The molecular formula is C21H25BrN2O9S. The van der Waals surface area contributed by atoms with Gasteiger partial charge < -0.3 is 34.3 Å². The number of thiocarbonyl (C=S) groups is 1. The maximum absolute atomic E-state index is 11.9. The van der Waals surface area contributed by atoms with Crippen molar-refractivity contribution in [3.05, 3.63) is 28.7 Å². The molecule has 34 heavy (non-hydrogen) atoms. The number of halogens is 1. The van der Waals surface area contributed by atoms with Gasteiger partial charge in [-0.1, -0.05) is 22.0 Å². The van der Waals surface area contributed by atoms with Gasteiger partial charge in [-0.3, -0.25) is 19.2 Å². The van der Waals surface area contributed by atoms with Crippen molar-refractivity contribution in [1.82, 2.24) is 5.32 Å². The molecule has 1 aromatic carbocycles. The lowest BCUT2D eigenvalue weighted by molar-refractivity contribution is -0.254. The van der Waals surface area contributed by atoms with Crippen LogP contribution < -0.4 is 10.6 Å². The maximum Gasteiger partial charge on any atom is 0.303 e. The minimum atomic E-state index is -1.29. The summed E-state index contributed by atoms with van der Waals surface area (Å²) < 4.78 is 27.9. The van der Waals surface area contributed by atoms with Crippen LogP contribution in [-0.4, -0.2) is 66.2 Å². The van der Waals surface area contributed by atoms with E-state index in [-0.39, 0.29) is 11.7 Å². The third kappa shape index (κ3) is 8.54. The fourth-order valence-electron chi connectivity index (χ4n) is 3.21. The first kappa shape index (κ1) is 27.5. The van der Waals surface area contributed by atoms with E-state index in [0.717, 1.165) is 25.2 Å². The normalized spacial score (nSPS) is 23.7. The number of ether oxygens (including phenoxy) is 5. The quantitative estimate of drug-likeness (QED) is 0.285. The molecule has 0 radical (unpaired) electrons. The van der Waals surface area contributed by atoms with Crippen LogP contribution in [0.5, 0.6) is 0 Å². The van der Waals surface area contributed by atoms with Crippen LogP contribution in [0.4, 0.5) is 5.69 Å². The van der Waals surface area contributed by atoms with Crippen LogP contribution in [0.2, 0.25) is 0 Å². The smallest absolute Gasteiger partial charge is 0.303 e. The van der Waals surface area contributed by atoms with Crippen LogP contribution in [0.1, 0.15) is 27.7 Å². The second-order valence-electron chi connectivity index (χ2n) is 7.23. The summed E-state index contributed by atoms with van der Waals surface area (Å²) in [7, 11) is 0. The van der Waals surface area contributed by atoms with Crippen molar-refractivity contribution in [3.63, 3.8) is 0 Å². The van der Waals surface area contributed by atoms with Crippen molar-refractivity contribution in [3.8, 4) is 0 Å². The predicted molar refractivity (Wildman–Crippen MR) is 125 cm³/mol. The lowest BCUT2D eigenvalue weighted by Gasteiger charge is -2.44. The summed E-state index contributed by atoms with van der Waals surface area (Å²) in [6, 6.07) is 7.18. The van der Waals surface area contributed by atoms with E-state index < -0.39 is 54.5 Å². The van der Waals surface area contributed by atoms with Gasteiger partial charge in [0.05, 0.1) is 0 Å². The highest BCUT2D eigenvalue weighted by molar-refractivity contribution is 9.10. The van der Waals surface area contributed by atoms with Gasteiger partial charge in [0.2, 0.25) is 0 Å². The molecule has 1 aromatic rings. The Hall–Kier alpha value is -2.77. The zero-order chi connectivity index (χ0) is 25.4. The molecule has 5 atom stereocenters. The summed E-state index contributed by atoms with van der Waals surface area (Å²) in [4.78, 5) is 46.9. The van der Waals surface area contributed by atoms with Gasteiger partial charge in [0.15, 0.2) is 29.7 Å². The highest BCUT2D eigenvalue weighted by Crippen LogP contribution is 2.28. The topological polar surface area (TPSA) is 138 Å².